The van der Waals surface area contributed by atoms with E-state index in [2.05, 4.69) is 25.9 Å². The van der Waals surface area contributed by atoms with Gasteiger partial charge in [0.2, 0.25) is 5.88 Å². The van der Waals surface area contributed by atoms with Gasteiger partial charge in [-0.25, -0.2) is 0 Å². The van der Waals surface area contributed by atoms with E-state index < -0.39 is 0 Å². The van der Waals surface area contributed by atoms with Crippen LogP contribution >= 0.6 is 15.9 Å². The highest BCUT2D eigenvalue weighted by atomic mass is 79.9. The summed E-state index contributed by atoms with van der Waals surface area (Å²) in [5, 5.41) is 10.2. The first-order valence-electron chi connectivity index (χ1n) is 7.21. The van der Waals surface area contributed by atoms with Gasteiger partial charge in [0.15, 0.2) is 0 Å². The fourth-order valence-electron chi connectivity index (χ4n) is 3.49. The quantitative estimate of drug-likeness (QED) is 0.875. The normalized spacial score (nSPS) is 26.6. The molecule has 2 aliphatic carbocycles. The molecule has 2 aromatic rings. The van der Waals surface area contributed by atoms with E-state index >= 15 is 0 Å². The lowest BCUT2D eigenvalue weighted by atomic mass is 10.0. The lowest BCUT2D eigenvalue weighted by Gasteiger charge is -2.12. The zero-order valence-corrected chi connectivity index (χ0v) is 12.9. The van der Waals surface area contributed by atoms with Crippen LogP contribution in [0.2, 0.25) is 0 Å². The number of aromatic hydroxyl groups is 1. The van der Waals surface area contributed by atoms with Gasteiger partial charge < -0.3 is 10.1 Å². The molecule has 1 heterocycles. The molecule has 2 fully saturated rings. The Bertz CT molecular complexity index is 744. The van der Waals surface area contributed by atoms with Crippen LogP contribution < -0.4 is 5.56 Å². The predicted octanol–water partition coefficient (Wildman–Crippen LogP) is 3.42. The minimum absolute atomic E-state index is 0.170. The van der Waals surface area contributed by atoms with Gasteiger partial charge >= 0.3 is 0 Å². The molecule has 2 saturated carbocycles. The molecule has 1 aromatic heterocycles. The van der Waals surface area contributed by atoms with E-state index in [1.165, 1.54) is 6.42 Å². The van der Waals surface area contributed by atoms with E-state index in [0.29, 0.717) is 17.3 Å². The summed E-state index contributed by atoms with van der Waals surface area (Å²) in [4.78, 5) is 19.5. The number of fused-ring (bicyclic) bond motifs is 1. The van der Waals surface area contributed by atoms with E-state index in [4.69, 9.17) is 0 Å². The average molecular weight is 347 g/mol. The fourth-order valence-corrected chi connectivity index (χ4v) is 3.75. The second-order valence-electron chi connectivity index (χ2n) is 6.08. The van der Waals surface area contributed by atoms with Gasteiger partial charge in [-0.1, -0.05) is 28.1 Å². The molecular formula is C16H15BrN2O2. The summed E-state index contributed by atoms with van der Waals surface area (Å²) in [6.07, 6.45) is 3.50. The van der Waals surface area contributed by atoms with E-state index in [-0.39, 0.29) is 17.0 Å². The number of hydrogen-bond donors (Lipinski definition) is 2. The van der Waals surface area contributed by atoms with Gasteiger partial charge in [0, 0.05) is 10.4 Å². The SMILES string of the molecule is O=c1[nH]c(C2CC3CC3C2)nc(O)c1-c1ccc(Br)cc1. The maximum absolute atomic E-state index is 12.3. The monoisotopic (exact) mass is 346 g/mol. The summed E-state index contributed by atoms with van der Waals surface area (Å²) in [6.45, 7) is 0. The van der Waals surface area contributed by atoms with Crippen molar-refractivity contribution in [3.05, 3.63) is 44.9 Å². The molecule has 0 radical (unpaired) electrons. The number of aromatic nitrogens is 2. The molecule has 0 aliphatic heterocycles. The van der Waals surface area contributed by atoms with Crippen LogP contribution in [-0.4, -0.2) is 15.1 Å². The van der Waals surface area contributed by atoms with E-state index in [1.807, 2.05) is 12.1 Å². The summed E-state index contributed by atoms with van der Waals surface area (Å²) in [5.74, 6) is 2.40. The molecule has 2 atom stereocenters. The van der Waals surface area contributed by atoms with Crippen molar-refractivity contribution in [3.63, 3.8) is 0 Å². The van der Waals surface area contributed by atoms with Crippen LogP contribution in [0.5, 0.6) is 5.88 Å². The smallest absolute Gasteiger partial charge is 0.262 e. The van der Waals surface area contributed by atoms with Crippen molar-refractivity contribution < 1.29 is 5.11 Å². The van der Waals surface area contributed by atoms with Gasteiger partial charge in [-0.05, 0) is 48.8 Å². The minimum Gasteiger partial charge on any atom is -0.493 e. The van der Waals surface area contributed by atoms with E-state index in [9.17, 15) is 9.90 Å². The Labute approximate surface area is 130 Å². The topological polar surface area (TPSA) is 66.0 Å². The molecule has 4 rings (SSSR count). The van der Waals surface area contributed by atoms with Crippen LogP contribution in [0.15, 0.2) is 33.5 Å². The summed E-state index contributed by atoms with van der Waals surface area (Å²) < 4.78 is 0.928. The van der Waals surface area contributed by atoms with Crippen LogP contribution in [0.3, 0.4) is 0 Å². The Morgan fingerprint density at radius 1 is 1.14 bits per heavy atom. The Balaban J connectivity index is 1.72. The number of rotatable bonds is 2. The van der Waals surface area contributed by atoms with Gasteiger partial charge in [0.1, 0.15) is 11.4 Å². The van der Waals surface area contributed by atoms with Crippen LogP contribution in [0.25, 0.3) is 11.1 Å². The molecule has 0 spiro atoms. The summed E-state index contributed by atoms with van der Waals surface area (Å²) >= 11 is 3.36. The number of aromatic amines is 1. The fraction of sp³-hybridized carbons (Fsp3) is 0.375. The van der Waals surface area contributed by atoms with Crippen molar-refractivity contribution in [2.75, 3.05) is 0 Å². The first-order valence-corrected chi connectivity index (χ1v) is 8.00. The Morgan fingerprint density at radius 2 is 1.81 bits per heavy atom. The second kappa shape index (κ2) is 4.70. The average Bonchev–Trinajstić information content (AvgIpc) is 3.06. The number of H-pyrrole nitrogens is 1. The van der Waals surface area contributed by atoms with Crippen molar-refractivity contribution in [1.29, 1.82) is 0 Å². The summed E-state index contributed by atoms with van der Waals surface area (Å²) in [5.41, 5.74) is 0.653. The molecule has 5 heteroatoms. The highest BCUT2D eigenvalue weighted by Gasteiger charge is 2.47. The molecule has 0 bridgehead atoms. The third-order valence-electron chi connectivity index (χ3n) is 4.68. The van der Waals surface area contributed by atoms with Gasteiger partial charge in [-0.2, -0.15) is 4.98 Å². The van der Waals surface area contributed by atoms with Gasteiger partial charge in [0.05, 0.1) is 0 Å². The Morgan fingerprint density at radius 3 is 2.43 bits per heavy atom. The first kappa shape index (κ1) is 13.1. The zero-order chi connectivity index (χ0) is 14.6. The van der Waals surface area contributed by atoms with Crippen LogP contribution in [0.1, 0.15) is 31.0 Å². The van der Waals surface area contributed by atoms with E-state index in [1.54, 1.807) is 12.1 Å². The van der Waals surface area contributed by atoms with Gasteiger partial charge in [0.25, 0.3) is 5.56 Å². The van der Waals surface area contributed by atoms with Crippen molar-refractivity contribution in [3.8, 4) is 17.0 Å². The van der Waals surface area contributed by atoms with Crippen molar-refractivity contribution in [2.24, 2.45) is 11.8 Å². The van der Waals surface area contributed by atoms with Crippen molar-refractivity contribution in [2.45, 2.75) is 25.2 Å². The molecule has 1 aromatic carbocycles. The number of nitrogens with one attached hydrogen (secondary N) is 1. The molecule has 2 N–H and O–H groups in total. The standard InChI is InChI=1S/C16H15BrN2O2/c17-12-3-1-8(2-4-12)13-15(20)18-14(19-16(13)21)11-6-9-5-10(9)7-11/h1-4,9-11H,5-7H2,(H2,18,19,20,21). The Hall–Kier alpha value is -1.62. The van der Waals surface area contributed by atoms with Crippen LogP contribution in [0.4, 0.5) is 0 Å². The van der Waals surface area contributed by atoms with Crippen LogP contribution in [-0.2, 0) is 0 Å². The maximum Gasteiger partial charge on any atom is 0.262 e. The summed E-state index contributed by atoms with van der Waals surface area (Å²) in [7, 11) is 0. The van der Waals surface area contributed by atoms with Crippen molar-refractivity contribution >= 4 is 15.9 Å². The highest BCUT2D eigenvalue weighted by Crippen LogP contribution is 2.57. The number of halogens is 1. The molecule has 0 amide bonds. The second-order valence-corrected chi connectivity index (χ2v) is 7.00. The number of benzene rings is 1. The largest absolute Gasteiger partial charge is 0.493 e. The van der Waals surface area contributed by atoms with Gasteiger partial charge in [-0.3, -0.25) is 4.79 Å². The maximum atomic E-state index is 12.3. The molecule has 4 nitrogen and oxygen atoms in total. The Kier molecular flexibility index (Phi) is 2.92. The third kappa shape index (κ3) is 2.29. The molecule has 21 heavy (non-hydrogen) atoms. The van der Waals surface area contributed by atoms with Crippen molar-refractivity contribution in [1.82, 2.24) is 9.97 Å². The van der Waals surface area contributed by atoms with Gasteiger partial charge in [-0.15, -0.1) is 0 Å². The molecular weight excluding hydrogens is 332 g/mol. The summed E-state index contributed by atoms with van der Waals surface area (Å²) in [6, 6.07) is 7.26. The van der Waals surface area contributed by atoms with Crippen LogP contribution in [0, 0.1) is 11.8 Å². The number of hydrogen-bond acceptors (Lipinski definition) is 3. The highest BCUT2D eigenvalue weighted by molar-refractivity contribution is 9.10. The predicted molar refractivity (Wildman–Crippen MR) is 83.2 cm³/mol. The lowest BCUT2D eigenvalue weighted by molar-refractivity contribution is 0.444. The first-order chi connectivity index (χ1) is 10.1. The number of nitrogens with zero attached hydrogens (tertiary/aromatic N) is 1. The molecule has 0 saturated heterocycles. The minimum atomic E-state index is -0.264. The molecule has 2 aliphatic rings. The third-order valence-corrected chi connectivity index (χ3v) is 5.21. The van der Waals surface area contributed by atoms with E-state index in [0.717, 1.165) is 29.2 Å². The lowest BCUT2D eigenvalue weighted by Crippen LogP contribution is -2.16. The zero-order valence-electron chi connectivity index (χ0n) is 11.3. The molecule has 108 valence electrons. The molecule has 2 unspecified atom stereocenters.